The molecule has 4 rings (SSSR count). The summed E-state index contributed by atoms with van der Waals surface area (Å²) in [6.07, 6.45) is 1.73. The maximum atomic E-state index is 5.91. The standard InChI is InChI=1S/C18H13Cl2N5O/c1-11-8-15(23-25(11)10-12-2-7-16(20)21-9-12)18-22-17(24-26-18)13-3-5-14(19)6-4-13/h2-9H,10H2,1H3. The van der Waals surface area contributed by atoms with Gasteiger partial charge in [-0.3, -0.25) is 4.68 Å². The zero-order valence-corrected chi connectivity index (χ0v) is 15.2. The smallest absolute Gasteiger partial charge is 0.278 e. The fourth-order valence-electron chi connectivity index (χ4n) is 2.49. The van der Waals surface area contributed by atoms with Crippen LogP contribution in [-0.2, 0) is 6.54 Å². The van der Waals surface area contributed by atoms with Gasteiger partial charge in [-0.05, 0) is 48.9 Å². The molecule has 26 heavy (non-hydrogen) atoms. The van der Waals surface area contributed by atoms with Crippen LogP contribution in [-0.4, -0.2) is 24.9 Å². The molecule has 0 fully saturated rings. The van der Waals surface area contributed by atoms with Crippen molar-refractivity contribution in [3.05, 3.63) is 70.1 Å². The normalized spacial score (nSPS) is 11.0. The van der Waals surface area contributed by atoms with Crippen molar-refractivity contribution in [2.45, 2.75) is 13.5 Å². The summed E-state index contributed by atoms with van der Waals surface area (Å²) in [6, 6.07) is 12.8. The van der Waals surface area contributed by atoms with Crippen LogP contribution in [0.2, 0.25) is 10.2 Å². The van der Waals surface area contributed by atoms with Crippen molar-refractivity contribution in [2.24, 2.45) is 0 Å². The molecule has 8 heteroatoms. The quantitative estimate of drug-likeness (QED) is 0.477. The summed E-state index contributed by atoms with van der Waals surface area (Å²) < 4.78 is 7.22. The highest BCUT2D eigenvalue weighted by Gasteiger charge is 2.15. The molecular weight excluding hydrogens is 373 g/mol. The Bertz CT molecular complexity index is 1040. The molecule has 0 atom stereocenters. The van der Waals surface area contributed by atoms with Gasteiger partial charge in [0.1, 0.15) is 5.15 Å². The van der Waals surface area contributed by atoms with Crippen molar-refractivity contribution in [3.8, 4) is 23.0 Å². The van der Waals surface area contributed by atoms with Crippen LogP contribution < -0.4 is 0 Å². The lowest BCUT2D eigenvalue weighted by molar-refractivity contribution is 0.430. The lowest BCUT2D eigenvalue weighted by Crippen LogP contribution is -2.04. The van der Waals surface area contributed by atoms with Gasteiger partial charge in [-0.2, -0.15) is 10.1 Å². The van der Waals surface area contributed by atoms with Crippen molar-refractivity contribution >= 4 is 23.2 Å². The molecule has 3 heterocycles. The second-order valence-electron chi connectivity index (χ2n) is 5.75. The number of aromatic nitrogens is 5. The first-order valence-electron chi connectivity index (χ1n) is 7.83. The molecule has 4 aromatic rings. The Balaban J connectivity index is 1.59. The molecule has 0 saturated heterocycles. The van der Waals surface area contributed by atoms with Gasteiger partial charge in [0, 0.05) is 22.5 Å². The summed E-state index contributed by atoms with van der Waals surface area (Å²) in [5, 5.41) is 9.70. The molecule has 0 aliphatic carbocycles. The van der Waals surface area contributed by atoms with Gasteiger partial charge in [0.05, 0.1) is 6.54 Å². The highest BCUT2D eigenvalue weighted by atomic mass is 35.5. The molecule has 3 aromatic heterocycles. The van der Waals surface area contributed by atoms with E-state index in [0.29, 0.717) is 34.1 Å². The van der Waals surface area contributed by atoms with Crippen molar-refractivity contribution < 1.29 is 4.52 Å². The van der Waals surface area contributed by atoms with Crippen molar-refractivity contribution in [1.82, 2.24) is 24.9 Å². The number of hydrogen-bond donors (Lipinski definition) is 0. The summed E-state index contributed by atoms with van der Waals surface area (Å²) in [6.45, 7) is 2.55. The molecule has 130 valence electrons. The zero-order chi connectivity index (χ0) is 18.1. The summed E-state index contributed by atoms with van der Waals surface area (Å²) in [4.78, 5) is 8.51. The van der Waals surface area contributed by atoms with Crippen LogP contribution in [0.5, 0.6) is 0 Å². The van der Waals surface area contributed by atoms with Gasteiger partial charge in [-0.25, -0.2) is 4.98 Å². The Hall–Kier alpha value is -2.70. The molecule has 0 radical (unpaired) electrons. The Kier molecular flexibility index (Phi) is 4.44. The molecule has 0 aliphatic heterocycles. The number of aryl methyl sites for hydroxylation is 1. The van der Waals surface area contributed by atoms with E-state index >= 15 is 0 Å². The Morgan fingerprint density at radius 3 is 2.62 bits per heavy atom. The minimum atomic E-state index is 0.367. The summed E-state index contributed by atoms with van der Waals surface area (Å²) >= 11 is 11.7. The number of nitrogens with zero attached hydrogens (tertiary/aromatic N) is 5. The maximum absolute atomic E-state index is 5.91. The number of halogens is 2. The van der Waals surface area contributed by atoms with Crippen LogP contribution in [0, 0.1) is 6.92 Å². The van der Waals surface area contributed by atoms with Gasteiger partial charge < -0.3 is 4.52 Å². The highest BCUT2D eigenvalue weighted by Crippen LogP contribution is 2.23. The predicted octanol–water partition coefficient (Wildman–Crippen LogP) is 4.66. The third-order valence-electron chi connectivity index (χ3n) is 3.85. The van der Waals surface area contributed by atoms with Crippen molar-refractivity contribution in [3.63, 3.8) is 0 Å². The predicted molar refractivity (Wildman–Crippen MR) is 99.1 cm³/mol. The third kappa shape index (κ3) is 3.47. The lowest BCUT2D eigenvalue weighted by atomic mass is 10.2. The van der Waals surface area contributed by atoms with E-state index in [2.05, 4.69) is 20.2 Å². The largest absolute Gasteiger partial charge is 0.332 e. The first-order valence-corrected chi connectivity index (χ1v) is 8.59. The summed E-state index contributed by atoms with van der Waals surface area (Å²) in [7, 11) is 0. The summed E-state index contributed by atoms with van der Waals surface area (Å²) in [5.41, 5.74) is 3.42. The van der Waals surface area contributed by atoms with Crippen LogP contribution >= 0.6 is 23.2 Å². The summed E-state index contributed by atoms with van der Waals surface area (Å²) in [5.74, 6) is 0.858. The van der Waals surface area contributed by atoms with Crippen molar-refractivity contribution in [1.29, 1.82) is 0 Å². The van der Waals surface area contributed by atoms with E-state index in [4.69, 9.17) is 27.7 Å². The molecule has 0 saturated carbocycles. The Labute approximate surface area is 159 Å². The first kappa shape index (κ1) is 16.8. The van der Waals surface area contributed by atoms with Crippen LogP contribution in [0.15, 0.2) is 53.2 Å². The van der Waals surface area contributed by atoms with E-state index in [0.717, 1.165) is 16.8 Å². The average molecular weight is 386 g/mol. The molecule has 0 unspecified atom stereocenters. The lowest BCUT2D eigenvalue weighted by Gasteiger charge is -2.03. The van der Waals surface area contributed by atoms with Gasteiger partial charge in [-0.15, -0.1) is 0 Å². The number of benzene rings is 1. The van der Waals surface area contributed by atoms with Gasteiger partial charge >= 0.3 is 0 Å². The van der Waals surface area contributed by atoms with Crippen LogP contribution in [0.3, 0.4) is 0 Å². The molecular formula is C18H13Cl2N5O. The molecule has 0 spiro atoms. The molecule has 0 bridgehead atoms. The monoisotopic (exact) mass is 385 g/mol. The minimum Gasteiger partial charge on any atom is -0.332 e. The van der Waals surface area contributed by atoms with Crippen molar-refractivity contribution in [2.75, 3.05) is 0 Å². The fraction of sp³-hybridized carbons (Fsp3) is 0.111. The SMILES string of the molecule is Cc1cc(-c2nc(-c3ccc(Cl)cc3)no2)nn1Cc1ccc(Cl)nc1. The third-order valence-corrected chi connectivity index (χ3v) is 4.33. The van der Waals surface area contributed by atoms with E-state index in [9.17, 15) is 0 Å². The molecule has 0 aliphatic rings. The van der Waals surface area contributed by atoms with Gasteiger partial charge in [0.15, 0.2) is 5.69 Å². The first-order chi connectivity index (χ1) is 12.6. The minimum absolute atomic E-state index is 0.367. The van der Waals surface area contributed by atoms with Crippen LogP contribution in [0.25, 0.3) is 23.0 Å². The second-order valence-corrected chi connectivity index (χ2v) is 6.57. The molecule has 0 amide bonds. The number of pyridine rings is 1. The van der Waals surface area contributed by atoms with Gasteiger partial charge in [0.2, 0.25) is 5.82 Å². The fourth-order valence-corrected chi connectivity index (χ4v) is 2.73. The Morgan fingerprint density at radius 2 is 1.88 bits per heavy atom. The maximum Gasteiger partial charge on any atom is 0.278 e. The molecule has 0 N–H and O–H groups in total. The number of rotatable bonds is 4. The van der Waals surface area contributed by atoms with Gasteiger partial charge in [-0.1, -0.05) is 34.4 Å². The van der Waals surface area contributed by atoms with E-state index in [-0.39, 0.29) is 0 Å². The van der Waals surface area contributed by atoms with Crippen LogP contribution in [0.1, 0.15) is 11.3 Å². The van der Waals surface area contributed by atoms with E-state index in [1.165, 1.54) is 0 Å². The highest BCUT2D eigenvalue weighted by molar-refractivity contribution is 6.30. The molecule has 1 aromatic carbocycles. The van der Waals surface area contributed by atoms with E-state index < -0.39 is 0 Å². The topological polar surface area (TPSA) is 69.6 Å². The Morgan fingerprint density at radius 1 is 1.08 bits per heavy atom. The second kappa shape index (κ2) is 6.90. The van der Waals surface area contributed by atoms with Crippen LogP contribution in [0.4, 0.5) is 0 Å². The van der Waals surface area contributed by atoms with E-state index in [1.54, 1.807) is 24.4 Å². The number of hydrogen-bond acceptors (Lipinski definition) is 5. The zero-order valence-electron chi connectivity index (χ0n) is 13.7. The van der Waals surface area contributed by atoms with E-state index in [1.807, 2.05) is 35.9 Å². The average Bonchev–Trinajstić information content (AvgIpc) is 3.25. The van der Waals surface area contributed by atoms with Gasteiger partial charge in [0.25, 0.3) is 5.89 Å². The molecule has 6 nitrogen and oxygen atoms in total.